The fraction of sp³-hybridized carbons (Fsp3) is 0.176. The Labute approximate surface area is 149 Å². The van der Waals surface area contributed by atoms with Crippen molar-refractivity contribution in [2.75, 3.05) is 6.54 Å². The second-order valence-corrected chi connectivity index (χ2v) is 6.67. The molecule has 0 spiro atoms. The molecule has 0 atom stereocenters. The van der Waals surface area contributed by atoms with E-state index in [4.69, 9.17) is 34.8 Å². The van der Waals surface area contributed by atoms with Gasteiger partial charge in [-0.15, -0.1) is 0 Å². The number of amides is 1. The summed E-state index contributed by atoms with van der Waals surface area (Å²) in [7, 11) is 0. The molecule has 1 N–H and O–H groups in total. The first-order valence-corrected chi connectivity index (χ1v) is 8.19. The highest BCUT2D eigenvalue weighted by Crippen LogP contribution is 2.29. The van der Waals surface area contributed by atoms with Gasteiger partial charge in [0.15, 0.2) is 0 Å². The number of rotatable bonds is 4. The van der Waals surface area contributed by atoms with Gasteiger partial charge in [0.25, 0.3) is 0 Å². The first-order valence-electron chi connectivity index (χ1n) is 7.06. The minimum atomic E-state index is -0.0972. The molecule has 118 valence electrons. The Balaban J connectivity index is 1.56. The maximum absolute atomic E-state index is 12.0. The van der Waals surface area contributed by atoms with E-state index in [-0.39, 0.29) is 12.3 Å². The van der Waals surface area contributed by atoms with E-state index in [0.717, 1.165) is 22.5 Å². The van der Waals surface area contributed by atoms with Crippen LogP contribution >= 0.6 is 34.8 Å². The third-order valence-corrected chi connectivity index (χ3v) is 4.16. The molecule has 1 aliphatic heterocycles. The van der Waals surface area contributed by atoms with Gasteiger partial charge >= 0.3 is 0 Å². The Morgan fingerprint density at radius 1 is 1.04 bits per heavy atom. The predicted octanol–water partition coefficient (Wildman–Crippen LogP) is 4.63. The van der Waals surface area contributed by atoms with Gasteiger partial charge in [0.1, 0.15) is 0 Å². The number of carbonyl (C=O) groups is 1. The number of fused-ring (bicyclic) bond motifs is 1. The third kappa shape index (κ3) is 4.25. The topological polar surface area (TPSA) is 41.5 Å². The molecule has 0 bridgehead atoms. The number of halogens is 3. The molecular formula is C17H13Cl3N2O. The summed E-state index contributed by atoms with van der Waals surface area (Å²) < 4.78 is 0. The Hall–Kier alpha value is -1.55. The van der Waals surface area contributed by atoms with Crippen molar-refractivity contribution in [3.05, 3.63) is 62.6 Å². The van der Waals surface area contributed by atoms with Gasteiger partial charge in [0.05, 0.1) is 18.7 Å². The monoisotopic (exact) mass is 366 g/mol. The molecule has 0 unspecified atom stereocenters. The van der Waals surface area contributed by atoms with E-state index in [9.17, 15) is 4.79 Å². The van der Waals surface area contributed by atoms with Crippen molar-refractivity contribution in [2.45, 2.75) is 12.8 Å². The fourth-order valence-electron chi connectivity index (χ4n) is 2.50. The highest BCUT2D eigenvalue weighted by molar-refractivity contribution is 6.34. The van der Waals surface area contributed by atoms with Crippen molar-refractivity contribution in [2.24, 2.45) is 4.99 Å². The Morgan fingerprint density at radius 3 is 2.52 bits per heavy atom. The van der Waals surface area contributed by atoms with Crippen LogP contribution in [0.5, 0.6) is 0 Å². The van der Waals surface area contributed by atoms with Crippen LogP contribution in [0.1, 0.15) is 11.1 Å². The summed E-state index contributed by atoms with van der Waals surface area (Å²) in [5.74, 6) is -0.0972. The van der Waals surface area contributed by atoms with Crippen LogP contribution in [-0.2, 0) is 17.6 Å². The second kappa shape index (κ2) is 6.91. The van der Waals surface area contributed by atoms with Crippen LogP contribution < -0.4 is 5.32 Å². The van der Waals surface area contributed by atoms with Gasteiger partial charge in [0, 0.05) is 27.2 Å². The largest absolute Gasteiger partial charge is 0.350 e. The van der Waals surface area contributed by atoms with Crippen molar-refractivity contribution in [3.8, 4) is 0 Å². The molecule has 0 radical (unpaired) electrons. The molecule has 6 heteroatoms. The van der Waals surface area contributed by atoms with Crippen LogP contribution in [0.3, 0.4) is 0 Å². The second-order valence-electron chi connectivity index (χ2n) is 5.36. The molecule has 1 amide bonds. The summed E-state index contributed by atoms with van der Waals surface area (Å²) in [5.41, 5.74) is 3.70. The molecule has 3 rings (SSSR count). The molecule has 0 saturated heterocycles. The average molecular weight is 368 g/mol. The maximum Gasteiger partial charge on any atom is 0.224 e. The lowest BCUT2D eigenvalue weighted by Crippen LogP contribution is -2.30. The molecule has 0 aliphatic carbocycles. The van der Waals surface area contributed by atoms with Crippen molar-refractivity contribution in [1.82, 2.24) is 5.32 Å². The van der Waals surface area contributed by atoms with E-state index in [0.29, 0.717) is 28.0 Å². The van der Waals surface area contributed by atoms with E-state index in [1.807, 2.05) is 18.2 Å². The molecule has 0 aromatic heterocycles. The normalized spacial score (nSPS) is 12.7. The minimum absolute atomic E-state index is 0.0972. The third-order valence-electron chi connectivity index (χ3n) is 3.49. The molecule has 0 fully saturated rings. The molecule has 2 aromatic rings. The summed E-state index contributed by atoms with van der Waals surface area (Å²) in [6, 6.07) is 10.7. The van der Waals surface area contributed by atoms with E-state index < -0.39 is 0 Å². The summed E-state index contributed by atoms with van der Waals surface area (Å²) >= 11 is 17.8. The number of carbonyl (C=O) groups excluding carboxylic acids is 1. The minimum Gasteiger partial charge on any atom is -0.350 e. The van der Waals surface area contributed by atoms with Crippen molar-refractivity contribution < 1.29 is 4.79 Å². The Morgan fingerprint density at radius 2 is 1.78 bits per heavy atom. The summed E-state index contributed by atoms with van der Waals surface area (Å²) in [6.45, 7) is 0.416. The number of nitrogens with zero attached hydrogens (tertiary/aromatic N) is 1. The van der Waals surface area contributed by atoms with Gasteiger partial charge in [-0.3, -0.25) is 9.79 Å². The van der Waals surface area contributed by atoms with Gasteiger partial charge in [0.2, 0.25) is 5.91 Å². The lowest BCUT2D eigenvalue weighted by atomic mass is 10.1. The Bertz CT molecular complexity index is 782. The molecule has 1 aliphatic rings. The number of hydrogen-bond acceptors (Lipinski definition) is 2. The summed E-state index contributed by atoms with van der Waals surface area (Å²) in [6.07, 6.45) is 0.936. The van der Waals surface area contributed by atoms with Crippen molar-refractivity contribution in [1.29, 1.82) is 0 Å². The van der Waals surface area contributed by atoms with E-state index in [1.165, 1.54) is 0 Å². The predicted molar refractivity (Wildman–Crippen MR) is 95.4 cm³/mol. The van der Waals surface area contributed by atoms with Crippen LogP contribution in [-0.4, -0.2) is 18.2 Å². The SMILES string of the molecule is O=C(Cc1cc(Cl)cc(Cl)c1)NCC1=Nc2ccc(Cl)cc2C1. The van der Waals surface area contributed by atoms with Gasteiger partial charge in [-0.1, -0.05) is 34.8 Å². The highest BCUT2D eigenvalue weighted by Gasteiger charge is 2.15. The molecule has 1 heterocycles. The van der Waals surface area contributed by atoms with E-state index >= 15 is 0 Å². The van der Waals surface area contributed by atoms with Crippen LogP contribution in [0, 0.1) is 0 Å². The first-order chi connectivity index (χ1) is 11.0. The zero-order chi connectivity index (χ0) is 16.4. The van der Waals surface area contributed by atoms with Crippen molar-refractivity contribution in [3.63, 3.8) is 0 Å². The van der Waals surface area contributed by atoms with Gasteiger partial charge in [-0.2, -0.15) is 0 Å². The summed E-state index contributed by atoms with van der Waals surface area (Å²) in [5, 5.41) is 4.61. The van der Waals surface area contributed by atoms with E-state index in [2.05, 4.69) is 10.3 Å². The Kier molecular flexibility index (Phi) is 4.90. The number of hydrogen-bond donors (Lipinski definition) is 1. The van der Waals surface area contributed by atoms with Gasteiger partial charge < -0.3 is 5.32 Å². The van der Waals surface area contributed by atoms with Crippen LogP contribution in [0.4, 0.5) is 5.69 Å². The fourth-order valence-corrected chi connectivity index (χ4v) is 3.26. The summed E-state index contributed by atoms with van der Waals surface area (Å²) in [4.78, 5) is 16.5. The number of nitrogens with one attached hydrogen (secondary N) is 1. The smallest absolute Gasteiger partial charge is 0.224 e. The molecule has 23 heavy (non-hydrogen) atoms. The standard InChI is InChI=1S/C17H13Cl3N2O/c18-12-1-2-16-11(6-12)7-15(22-16)9-21-17(23)5-10-3-13(19)8-14(20)4-10/h1-4,6,8H,5,7,9H2,(H,21,23). The molecular weight excluding hydrogens is 355 g/mol. The lowest BCUT2D eigenvalue weighted by Gasteiger charge is -2.06. The molecule has 3 nitrogen and oxygen atoms in total. The zero-order valence-corrected chi connectivity index (χ0v) is 14.3. The average Bonchev–Trinajstić information content (AvgIpc) is 2.86. The molecule has 2 aromatic carbocycles. The van der Waals surface area contributed by atoms with Crippen LogP contribution in [0.15, 0.2) is 41.4 Å². The highest BCUT2D eigenvalue weighted by atomic mass is 35.5. The van der Waals surface area contributed by atoms with Crippen LogP contribution in [0.25, 0.3) is 0 Å². The van der Waals surface area contributed by atoms with E-state index in [1.54, 1.807) is 18.2 Å². The van der Waals surface area contributed by atoms with Crippen LogP contribution in [0.2, 0.25) is 15.1 Å². The first kappa shape index (κ1) is 16.3. The molecule has 0 saturated carbocycles. The quantitative estimate of drug-likeness (QED) is 0.840. The van der Waals surface area contributed by atoms with Crippen molar-refractivity contribution >= 4 is 52.1 Å². The number of aliphatic imine (C=N–C) groups is 1. The zero-order valence-electron chi connectivity index (χ0n) is 12.1. The maximum atomic E-state index is 12.0. The number of benzene rings is 2. The van der Waals surface area contributed by atoms with Gasteiger partial charge in [-0.05, 0) is 47.5 Å². The lowest BCUT2D eigenvalue weighted by molar-refractivity contribution is -0.120. The van der Waals surface area contributed by atoms with Gasteiger partial charge in [-0.25, -0.2) is 0 Å².